The molecule has 22 heavy (non-hydrogen) atoms. The zero-order chi connectivity index (χ0) is 16.4. The van der Waals surface area contributed by atoms with Gasteiger partial charge in [-0.3, -0.25) is 10.3 Å². The van der Waals surface area contributed by atoms with Gasteiger partial charge in [0.1, 0.15) is 0 Å². The highest BCUT2D eigenvalue weighted by atomic mass is 16.5. The van der Waals surface area contributed by atoms with Crippen LogP contribution in [0.25, 0.3) is 0 Å². The van der Waals surface area contributed by atoms with E-state index in [-0.39, 0.29) is 6.04 Å². The third kappa shape index (κ3) is 3.18. The molecule has 1 aliphatic heterocycles. The summed E-state index contributed by atoms with van der Waals surface area (Å²) in [5.74, 6) is 0.331. The van der Waals surface area contributed by atoms with Crippen LogP contribution in [0.5, 0.6) is 0 Å². The number of nitriles is 1. The Morgan fingerprint density at radius 1 is 1.41 bits per heavy atom. The predicted octanol–water partition coefficient (Wildman–Crippen LogP) is 1.90. The van der Waals surface area contributed by atoms with Crippen LogP contribution >= 0.6 is 0 Å². The Hall–Kier alpha value is -2.17. The number of hydrogen-bond donors (Lipinski definition) is 2. The van der Waals surface area contributed by atoms with Crippen LogP contribution in [0.4, 0.5) is 5.69 Å². The standard InChI is InChI=1S/C15H21N6O/c1-14(2)9-12(15(3,4)21(14)22)20-13(18-10-16)19-11-5-7-17-8-6-11/h5-8,12H,9H2,1-4H3,(H2,17,18,19,20). The monoisotopic (exact) mass is 301 g/mol. The van der Waals surface area contributed by atoms with Crippen molar-refractivity contribution >= 4 is 11.6 Å². The molecule has 2 rings (SSSR count). The fraction of sp³-hybridized carbons (Fsp3) is 0.533. The third-order valence-corrected chi connectivity index (χ3v) is 3.98. The number of nitrogens with zero attached hydrogens (tertiary/aromatic N) is 4. The molecule has 0 aromatic carbocycles. The lowest BCUT2D eigenvalue weighted by Gasteiger charge is -2.32. The Bertz CT molecular complexity index is 590. The SMILES string of the molecule is CC1(C)CC(N=C(NC#N)Nc2ccncc2)C(C)(C)N1[O]. The maximum absolute atomic E-state index is 12.4. The normalized spacial score (nSPS) is 23.8. The van der Waals surface area contributed by atoms with Crippen molar-refractivity contribution in [3.63, 3.8) is 0 Å². The first kappa shape index (κ1) is 16.2. The second-order valence-electron chi connectivity index (χ2n) is 6.56. The van der Waals surface area contributed by atoms with E-state index in [0.29, 0.717) is 12.4 Å². The summed E-state index contributed by atoms with van der Waals surface area (Å²) in [6, 6.07) is 3.33. The second kappa shape index (κ2) is 5.91. The van der Waals surface area contributed by atoms with Crippen molar-refractivity contribution in [2.45, 2.75) is 51.2 Å². The number of aromatic nitrogens is 1. The molecule has 1 unspecified atom stereocenters. The summed E-state index contributed by atoms with van der Waals surface area (Å²) in [7, 11) is 0. The van der Waals surface area contributed by atoms with Crippen molar-refractivity contribution in [3.05, 3.63) is 24.5 Å². The first-order chi connectivity index (χ1) is 10.3. The van der Waals surface area contributed by atoms with Gasteiger partial charge in [-0.15, -0.1) is 10.3 Å². The summed E-state index contributed by atoms with van der Waals surface area (Å²) in [6.45, 7) is 7.56. The molecular weight excluding hydrogens is 280 g/mol. The van der Waals surface area contributed by atoms with Crippen LogP contribution < -0.4 is 10.6 Å². The van der Waals surface area contributed by atoms with Gasteiger partial charge in [-0.1, -0.05) is 0 Å². The molecule has 1 fully saturated rings. The Morgan fingerprint density at radius 3 is 2.55 bits per heavy atom. The summed E-state index contributed by atoms with van der Waals surface area (Å²) in [5.41, 5.74) is -0.344. The molecule has 7 heteroatoms. The topological polar surface area (TPSA) is 96.2 Å². The molecular formula is C15H21N6O. The number of guanidine groups is 1. The van der Waals surface area contributed by atoms with E-state index in [4.69, 9.17) is 5.26 Å². The van der Waals surface area contributed by atoms with Crippen molar-refractivity contribution in [2.24, 2.45) is 4.99 Å². The van der Waals surface area contributed by atoms with Gasteiger partial charge in [0.25, 0.3) is 0 Å². The van der Waals surface area contributed by atoms with Gasteiger partial charge in [-0.25, -0.2) is 4.99 Å². The highest BCUT2D eigenvalue weighted by Crippen LogP contribution is 2.41. The van der Waals surface area contributed by atoms with E-state index in [2.05, 4.69) is 20.6 Å². The van der Waals surface area contributed by atoms with Gasteiger partial charge in [0.2, 0.25) is 5.96 Å². The smallest absolute Gasteiger partial charge is 0.209 e. The van der Waals surface area contributed by atoms with E-state index in [1.807, 2.05) is 33.9 Å². The van der Waals surface area contributed by atoms with Crippen molar-refractivity contribution in [2.75, 3.05) is 5.32 Å². The first-order valence-corrected chi connectivity index (χ1v) is 7.15. The van der Waals surface area contributed by atoms with Crippen LogP contribution in [0, 0.1) is 11.5 Å². The van der Waals surface area contributed by atoms with E-state index in [0.717, 1.165) is 10.8 Å². The summed E-state index contributed by atoms with van der Waals surface area (Å²) in [6.07, 6.45) is 5.79. The lowest BCUT2D eigenvalue weighted by atomic mass is 9.95. The van der Waals surface area contributed by atoms with Crippen molar-refractivity contribution < 1.29 is 5.21 Å². The molecule has 117 valence electrons. The molecule has 1 atom stereocenters. The van der Waals surface area contributed by atoms with Crippen LogP contribution in [0.15, 0.2) is 29.5 Å². The zero-order valence-corrected chi connectivity index (χ0v) is 13.3. The summed E-state index contributed by atoms with van der Waals surface area (Å²) in [5, 5.41) is 28.0. The molecule has 0 saturated carbocycles. The molecule has 1 aliphatic rings. The third-order valence-electron chi connectivity index (χ3n) is 3.98. The Labute approximate surface area is 130 Å². The number of hydroxylamine groups is 2. The summed E-state index contributed by atoms with van der Waals surface area (Å²) in [4.78, 5) is 8.51. The molecule has 0 spiro atoms. The van der Waals surface area contributed by atoms with Gasteiger partial charge in [-0.05, 0) is 46.2 Å². The largest absolute Gasteiger partial charge is 0.325 e. The van der Waals surface area contributed by atoms with Gasteiger partial charge in [0.05, 0.1) is 11.6 Å². The number of rotatable bonds is 2. The molecule has 2 heterocycles. The van der Waals surface area contributed by atoms with E-state index in [9.17, 15) is 5.21 Å². The molecule has 0 bridgehead atoms. The molecule has 1 radical (unpaired) electrons. The Morgan fingerprint density at radius 2 is 2.05 bits per heavy atom. The van der Waals surface area contributed by atoms with E-state index >= 15 is 0 Å². The molecule has 1 aromatic rings. The van der Waals surface area contributed by atoms with Gasteiger partial charge >= 0.3 is 0 Å². The van der Waals surface area contributed by atoms with Crippen LogP contribution in [-0.2, 0) is 5.21 Å². The van der Waals surface area contributed by atoms with Crippen LogP contribution in [0.3, 0.4) is 0 Å². The quantitative estimate of drug-likeness (QED) is 0.376. The lowest BCUT2D eigenvalue weighted by Crippen LogP contribution is -2.47. The van der Waals surface area contributed by atoms with E-state index in [1.54, 1.807) is 24.5 Å². The predicted molar refractivity (Wildman–Crippen MR) is 83.1 cm³/mol. The Kier molecular flexibility index (Phi) is 4.35. The first-order valence-electron chi connectivity index (χ1n) is 7.15. The summed E-state index contributed by atoms with van der Waals surface area (Å²) < 4.78 is 0. The number of aliphatic imine (C=N–C) groups is 1. The van der Waals surface area contributed by atoms with Crippen molar-refractivity contribution in [1.82, 2.24) is 15.4 Å². The van der Waals surface area contributed by atoms with Gasteiger partial charge in [0.15, 0.2) is 6.19 Å². The minimum absolute atomic E-state index is 0.217. The van der Waals surface area contributed by atoms with E-state index in [1.165, 1.54) is 0 Å². The number of anilines is 1. The zero-order valence-electron chi connectivity index (χ0n) is 13.3. The minimum atomic E-state index is -0.633. The maximum atomic E-state index is 12.4. The number of pyridine rings is 1. The molecule has 0 amide bonds. The van der Waals surface area contributed by atoms with Crippen LogP contribution in [-0.4, -0.2) is 33.1 Å². The fourth-order valence-corrected chi connectivity index (χ4v) is 2.80. The molecule has 1 saturated heterocycles. The molecule has 0 aliphatic carbocycles. The average molecular weight is 301 g/mol. The fourth-order valence-electron chi connectivity index (χ4n) is 2.80. The summed E-state index contributed by atoms with van der Waals surface area (Å²) >= 11 is 0. The van der Waals surface area contributed by atoms with Crippen molar-refractivity contribution in [1.29, 1.82) is 5.26 Å². The number of hydrogen-bond acceptors (Lipinski definition) is 4. The van der Waals surface area contributed by atoms with Gasteiger partial charge in [0, 0.05) is 23.6 Å². The van der Waals surface area contributed by atoms with Gasteiger partial charge in [-0.2, -0.15) is 5.26 Å². The maximum Gasteiger partial charge on any atom is 0.209 e. The van der Waals surface area contributed by atoms with E-state index < -0.39 is 11.1 Å². The molecule has 2 N–H and O–H groups in total. The molecule has 7 nitrogen and oxygen atoms in total. The van der Waals surface area contributed by atoms with Crippen molar-refractivity contribution in [3.8, 4) is 6.19 Å². The highest BCUT2D eigenvalue weighted by Gasteiger charge is 2.52. The highest BCUT2D eigenvalue weighted by molar-refractivity contribution is 5.94. The lowest BCUT2D eigenvalue weighted by molar-refractivity contribution is -0.245. The average Bonchev–Trinajstić information content (AvgIpc) is 2.60. The van der Waals surface area contributed by atoms with Crippen LogP contribution in [0.2, 0.25) is 0 Å². The van der Waals surface area contributed by atoms with Crippen LogP contribution in [0.1, 0.15) is 34.1 Å². The minimum Gasteiger partial charge on any atom is -0.325 e. The molecule has 1 aromatic heterocycles. The van der Waals surface area contributed by atoms with Gasteiger partial charge < -0.3 is 5.32 Å². The Balaban J connectivity index is 2.25. The number of nitrogens with one attached hydrogen (secondary N) is 2. The second-order valence-corrected chi connectivity index (χ2v) is 6.56.